The molecule has 2 N–H and O–H groups in total. The molecule has 10 heteroatoms. The van der Waals surface area contributed by atoms with E-state index in [0.29, 0.717) is 24.5 Å². The lowest BCUT2D eigenvalue weighted by atomic mass is 10.0. The number of carbonyl (C=O) groups excluding carboxylic acids is 2. The Morgan fingerprint density at radius 3 is 2.58 bits per heavy atom. The van der Waals surface area contributed by atoms with Gasteiger partial charge in [-0.15, -0.1) is 0 Å². The van der Waals surface area contributed by atoms with Crippen molar-refractivity contribution in [3.63, 3.8) is 0 Å². The van der Waals surface area contributed by atoms with Crippen molar-refractivity contribution in [1.29, 1.82) is 0 Å². The number of anilines is 1. The van der Waals surface area contributed by atoms with Crippen LogP contribution < -0.4 is 24.4 Å². The van der Waals surface area contributed by atoms with Crippen molar-refractivity contribution in [3.05, 3.63) is 47.5 Å². The van der Waals surface area contributed by atoms with Crippen molar-refractivity contribution in [2.45, 2.75) is 44.7 Å². The summed E-state index contributed by atoms with van der Waals surface area (Å²) < 4.78 is 39.3. The van der Waals surface area contributed by atoms with Gasteiger partial charge in [-0.05, 0) is 53.8 Å². The van der Waals surface area contributed by atoms with Crippen molar-refractivity contribution >= 4 is 27.5 Å². The third-order valence-electron chi connectivity index (χ3n) is 5.77. The van der Waals surface area contributed by atoms with E-state index in [-0.39, 0.29) is 30.1 Å². The molecule has 1 unspecified atom stereocenters. The van der Waals surface area contributed by atoms with Gasteiger partial charge in [-0.3, -0.25) is 9.59 Å². The average molecular weight is 474 g/mol. The SMILES string of the molecule is CC(=O)N1CCc2cc(S(=O)(=O)NC(C(=O)NCc3ccc4c(c3)OCO4)C(C)C)ccc21. The van der Waals surface area contributed by atoms with Crippen molar-refractivity contribution in [2.24, 2.45) is 5.92 Å². The van der Waals surface area contributed by atoms with Gasteiger partial charge in [0.25, 0.3) is 0 Å². The molecule has 1 atom stereocenters. The molecule has 2 amide bonds. The summed E-state index contributed by atoms with van der Waals surface area (Å²) in [4.78, 5) is 26.3. The number of nitrogens with zero attached hydrogens (tertiary/aromatic N) is 1. The van der Waals surface area contributed by atoms with Crippen LogP contribution in [0, 0.1) is 5.92 Å². The molecular formula is C23H27N3O6S. The highest BCUT2D eigenvalue weighted by atomic mass is 32.2. The number of hydrogen-bond acceptors (Lipinski definition) is 6. The maximum absolute atomic E-state index is 13.1. The Hall–Kier alpha value is -3.11. The minimum Gasteiger partial charge on any atom is -0.454 e. The summed E-state index contributed by atoms with van der Waals surface area (Å²) in [5, 5.41) is 2.80. The molecule has 176 valence electrons. The Labute approximate surface area is 193 Å². The molecule has 2 aromatic rings. The number of rotatable bonds is 7. The number of ether oxygens (including phenoxy) is 2. The molecule has 0 spiro atoms. The van der Waals surface area contributed by atoms with E-state index in [1.165, 1.54) is 13.0 Å². The highest BCUT2D eigenvalue weighted by molar-refractivity contribution is 7.89. The molecule has 0 aromatic heterocycles. The van der Waals surface area contributed by atoms with Gasteiger partial charge in [0.05, 0.1) is 4.90 Å². The van der Waals surface area contributed by atoms with Gasteiger partial charge >= 0.3 is 0 Å². The zero-order valence-electron chi connectivity index (χ0n) is 18.8. The number of hydrogen-bond donors (Lipinski definition) is 2. The first kappa shape index (κ1) is 23.1. The van der Waals surface area contributed by atoms with Crippen LogP contribution in [0.25, 0.3) is 0 Å². The van der Waals surface area contributed by atoms with Crippen molar-refractivity contribution in [3.8, 4) is 11.5 Å². The number of sulfonamides is 1. The van der Waals surface area contributed by atoms with E-state index >= 15 is 0 Å². The summed E-state index contributed by atoms with van der Waals surface area (Å²) in [7, 11) is -3.95. The van der Waals surface area contributed by atoms with Gasteiger partial charge in [0.1, 0.15) is 6.04 Å². The number of nitrogens with one attached hydrogen (secondary N) is 2. The summed E-state index contributed by atoms with van der Waals surface area (Å²) in [6.45, 7) is 5.95. The number of carbonyl (C=O) groups is 2. The average Bonchev–Trinajstić information content (AvgIpc) is 3.41. The molecule has 0 bridgehead atoms. The van der Waals surface area contributed by atoms with E-state index in [4.69, 9.17) is 9.47 Å². The van der Waals surface area contributed by atoms with Crippen LogP contribution >= 0.6 is 0 Å². The zero-order valence-corrected chi connectivity index (χ0v) is 19.6. The van der Waals surface area contributed by atoms with Gasteiger partial charge in [0.2, 0.25) is 28.6 Å². The largest absolute Gasteiger partial charge is 0.454 e. The number of benzene rings is 2. The summed E-state index contributed by atoms with van der Waals surface area (Å²) in [5.74, 6) is 0.484. The molecule has 2 heterocycles. The molecule has 4 rings (SSSR count). The molecule has 0 saturated carbocycles. The summed E-state index contributed by atoms with van der Waals surface area (Å²) in [6.07, 6.45) is 0.585. The van der Waals surface area contributed by atoms with E-state index in [1.54, 1.807) is 43.0 Å². The van der Waals surface area contributed by atoms with E-state index in [2.05, 4.69) is 10.0 Å². The second-order valence-corrected chi connectivity index (χ2v) is 10.2. The van der Waals surface area contributed by atoms with Crippen molar-refractivity contribution in [2.75, 3.05) is 18.2 Å². The first-order valence-electron chi connectivity index (χ1n) is 10.8. The Kier molecular flexibility index (Phi) is 6.31. The lowest BCUT2D eigenvalue weighted by Crippen LogP contribution is -2.49. The number of amides is 2. The van der Waals surface area contributed by atoms with Gasteiger partial charge in [0, 0.05) is 25.7 Å². The van der Waals surface area contributed by atoms with Crippen LogP contribution in [0.4, 0.5) is 5.69 Å². The fourth-order valence-electron chi connectivity index (χ4n) is 3.95. The molecule has 2 aromatic carbocycles. The quantitative estimate of drug-likeness (QED) is 0.635. The van der Waals surface area contributed by atoms with Crippen molar-refractivity contribution < 1.29 is 27.5 Å². The van der Waals surface area contributed by atoms with Crippen LogP contribution in [0.2, 0.25) is 0 Å². The molecule has 0 fully saturated rings. The normalized spacial score (nSPS) is 15.5. The molecule has 0 aliphatic carbocycles. The molecule has 9 nitrogen and oxygen atoms in total. The fourth-order valence-corrected chi connectivity index (χ4v) is 5.34. The first-order chi connectivity index (χ1) is 15.7. The third kappa shape index (κ3) is 4.81. The maximum Gasteiger partial charge on any atom is 0.241 e. The lowest BCUT2D eigenvalue weighted by molar-refractivity contribution is -0.123. The molecular weight excluding hydrogens is 446 g/mol. The van der Waals surface area contributed by atoms with Crippen LogP contribution in [-0.4, -0.2) is 39.6 Å². The van der Waals surface area contributed by atoms with Gasteiger partial charge in [-0.2, -0.15) is 4.72 Å². The highest BCUT2D eigenvalue weighted by Crippen LogP contribution is 2.32. The standard InChI is InChI=1S/C23H27N3O6S/c1-14(2)22(23(28)24-12-16-4-7-20-21(10-16)32-13-31-20)25-33(29,30)18-5-6-19-17(11-18)8-9-26(19)15(3)27/h4-7,10-11,14,22,25H,8-9,12-13H2,1-3H3,(H,24,28). The van der Waals surface area contributed by atoms with Crippen LogP contribution in [-0.2, 0) is 32.6 Å². The van der Waals surface area contributed by atoms with Gasteiger partial charge < -0.3 is 19.7 Å². The van der Waals surface area contributed by atoms with E-state index in [1.807, 2.05) is 6.07 Å². The van der Waals surface area contributed by atoms with Crippen LogP contribution in [0.1, 0.15) is 31.9 Å². The molecule has 0 saturated heterocycles. The lowest BCUT2D eigenvalue weighted by Gasteiger charge is -2.22. The second kappa shape index (κ2) is 9.03. The summed E-state index contributed by atoms with van der Waals surface area (Å²) >= 11 is 0. The smallest absolute Gasteiger partial charge is 0.241 e. The Morgan fingerprint density at radius 1 is 1.09 bits per heavy atom. The Bertz CT molecular complexity index is 1190. The minimum absolute atomic E-state index is 0.0703. The molecule has 0 radical (unpaired) electrons. The Morgan fingerprint density at radius 2 is 1.85 bits per heavy atom. The minimum atomic E-state index is -3.95. The predicted molar refractivity (Wildman–Crippen MR) is 122 cm³/mol. The van der Waals surface area contributed by atoms with Gasteiger partial charge in [-0.25, -0.2) is 8.42 Å². The maximum atomic E-state index is 13.1. The van der Waals surface area contributed by atoms with Crippen molar-refractivity contribution in [1.82, 2.24) is 10.0 Å². The third-order valence-corrected chi connectivity index (χ3v) is 7.21. The highest BCUT2D eigenvalue weighted by Gasteiger charge is 2.30. The van der Waals surface area contributed by atoms with Crippen LogP contribution in [0.5, 0.6) is 11.5 Å². The zero-order chi connectivity index (χ0) is 23.8. The molecule has 33 heavy (non-hydrogen) atoms. The molecule has 2 aliphatic heterocycles. The van der Waals surface area contributed by atoms with Crippen LogP contribution in [0.15, 0.2) is 41.3 Å². The monoisotopic (exact) mass is 473 g/mol. The second-order valence-electron chi connectivity index (χ2n) is 8.46. The summed E-state index contributed by atoms with van der Waals surface area (Å²) in [6, 6.07) is 9.09. The molecule has 2 aliphatic rings. The first-order valence-corrected chi connectivity index (χ1v) is 12.2. The van der Waals surface area contributed by atoms with E-state index < -0.39 is 22.0 Å². The van der Waals surface area contributed by atoms with Crippen LogP contribution in [0.3, 0.4) is 0 Å². The fraction of sp³-hybridized carbons (Fsp3) is 0.391. The topological polar surface area (TPSA) is 114 Å². The van der Waals surface area contributed by atoms with E-state index in [0.717, 1.165) is 16.8 Å². The Balaban J connectivity index is 1.45. The van der Waals surface area contributed by atoms with Gasteiger partial charge in [-0.1, -0.05) is 19.9 Å². The predicted octanol–water partition coefficient (Wildman–Crippen LogP) is 1.94. The van der Waals surface area contributed by atoms with E-state index in [9.17, 15) is 18.0 Å². The summed E-state index contributed by atoms with van der Waals surface area (Å²) in [5.41, 5.74) is 2.33. The van der Waals surface area contributed by atoms with Gasteiger partial charge in [0.15, 0.2) is 11.5 Å². The number of fused-ring (bicyclic) bond motifs is 2.